The van der Waals surface area contributed by atoms with Gasteiger partial charge >= 0.3 is 0 Å². The molecular formula is C13H16BrN3. The van der Waals surface area contributed by atoms with Gasteiger partial charge in [-0.3, -0.25) is 0 Å². The van der Waals surface area contributed by atoms with Crippen molar-refractivity contribution in [1.29, 1.82) is 0 Å². The van der Waals surface area contributed by atoms with E-state index in [-0.39, 0.29) is 6.04 Å². The maximum atomic E-state index is 6.52. The SMILES string of the molecule is CC1=CC=CC(N)C1(N)c1ccc(Br)nc1C. The van der Waals surface area contributed by atoms with Crippen molar-refractivity contribution >= 4 is 15.9 Å². The summed E-state index contributed by atoms with van der Waals surface area (Å²) in [5, 5.41) is 0. The first-order valence-corrected chi connectivity index (χ1v) is 6.29. The minimum absolute atomic E-state index is 0.228. The minimum Gasteiger partial charge on any atom is -0.322 e. The molecule has 0 amide bonds. The van der Waals surface area contributed by atoms with Crippen LogP contribution in [-0.4, -0.2) is 11.0 Å². The van der Waals surface area contributed by atoms with Crippen molar-refractivity contribution in [2.45, 2.75) is 25.4 Å². The van der Waals surface area contributed by atoms with E-state index in [0.29, 0.717) is 0 Å². The van der Waals surface area contributed by atoms with E-state index in [1.807, 2.05) is 44.2 Å². The van der Waals surface area contributed by atoms with Crippen molar-refractivity contribution in [3.8, 4) is 0 Å². The third kappa shape index (κ3) is 1.97. The number of rotatable bonds is 1. The third-order valence-corrected chi connectivity index (χ3v) is 3.78. The van der Waals surface area contributed by atoms with Gasteiger partial charge < -0.3 is 11.5 Å². The molecule has 1 heterocycles. The molecule has 0 fully saturated rings. The van der Waals surface area contributed by atoms with Crippen LogP contribution in [0, 0.1) is 6.92 Å². The molecule has 2 rings (SSSR count). The fourth-order valence-corrected chi connectivity index (χ4v) is 2.63. The third-order valence-electron chi connectivity index (χ3n) is 3.34. The van der Waals surface area contributed by atoms with Crippen molar-refractivity contribution in [3.63, 3.8) is 0 Å². The lowest BCUT2D eigenvalue weighted by Crippen LogP contribution is -2.53. The van der Waals surface area contributed by atoms with E-state index in [0.717, 1.165) is 21.4 Å². The number of hydrogen-bond acceptors (Lipinski definition) is 3. The highest BCUT2D eigenvalue weighted by Crippen LogP contribution is 2.34. The first-order valence-electron chi connectivity index (χ1n) is 5.50. The highest BCUT2D eigenvalue weighted by molar-refractivity contribution is 9.10. The normalized spacial score (nSPS) is 28.1. The van der Waals surface area contributed by atoms with Gasteiger partial charge in [0.1, 0.15) is 4.60 Å². The molecule has 0 saturated heterocycles. The van der Waals surface area contributed by atoms with Crippen LogP contribution in [0.4, 0.5) is 0 Å². The molecule has 0 aromatic carbocycles. The molecule has 17 heavy (non-hydrogen) atoms. The zero-order valence-corrected chi connectivity index (χ0v) is 11.5. The number of aromatic nitrogens is 1. The van der Waals surface area contributed by atoms with Crippen LogP contribution in [0.25, 0.3) is 0 Å². The van der Waals surface area contributed by atoms with E-state index < -0.39 is 5.54 Å². The van der Waals surface area contributed by atoms with Gasteiger partial charge in [0, 0.05) is 11.7 Å². The summed E-state index contributed by atoms with van der Waals surface area (Å²) in [6.45, 7) is 3.96. The van der Waals surface area contributed by atoms with Gasteiger partial charge in [-0.05, 0) is 47.0 Å². The van der Waals surface area contributed by atoms with Gasteiger partial charge in [-0.1, -0.05) is 24.3 Å². The summed E-state index contributed by atoms with van der Waals surface area (Å²) in [6, 6.07) is 3.66. The molecule has 2 unspecified atom stereocenters. The Hall–Kier alpha value is -0.970. The van der Waals surface area contributed by atoms with E-state index in [1.165, 1.54) is 0 Å². The van der Waals surface area contributed by atoms with E-state index in [9.17, 15) is 0 Å². The Morgan fingerprint density at radius 3 is 2.65 bits per heavy atom. The van der Waals surface area contributed by atoms with Gasteiger partial charge in [0.2, 0.25) is 0 Å². The second-order valence-electron chi connectivity index (χ2n) is 4.40. The van der Waals surface area contributed by atoms with Crippen molar-refractivity contribution in [2.24, 2.45) is 11.5 Å². The predicted octanol–water partition coefficient (Wildman–Crippen LogP) is 2.15. The lowest BCUT2D eigenvalue weighted by atomic mass is 9.75. The van der Waals surface area contributed by atoms with Crippen LogP contribution < -0.4 is 11.5 Å². The monoisotopic (exact) mass is 293 g/mol. The largest absolute Gasteiger partial charge is 0.322 e. The molecule has 90 valence electrons. The first kappa shape index (κ1) is 12.5. The zero-order valence-electron chi connectivity index (χ0n) is 9.94. The van der Waals surface area contributed by atoms with Gasteiger partial charge in [-0.15, -0.1) is 0 Å². The maximum Gasteiger partial charge on any atom is 0.106 e. The number of pyridine rings is 1. The summed E-state index contributed by atoms with van der Waals surface area (Å²) in [5.74, 6) is 0. The Morgan fingerprint density at radius 1 is 1.35 bits per heavy atom. The van der Waals surface area contributed by atoms with Crippen molar-refractivity contribution in [1.82, 2.24) is 4.98 Å². The Labute approximate surface area is 110 Å². The smallest absolute Gasteiger partial charge is 0.106 e. The standard InChI is InChI=1S/C13H16BrN3/c1-8-4-3-5-11(15)13(8,16)10-6-7-12(14)17-9(10)2/h3-7,11H,15-16H2,1-2H3. The summed E-state index contributed by atoms with van der Waals surface area (Å²) >= 11 is 3.36. The molecule has 4 heteroatoms. The molecule has 2 atom stereocenters. The first-order chi connectivity index (χ1) is 7.96. The maximum absolute atomic E-state index is 6.52. The molecule has 0 saturated carbocycles. The highest BCUT2D eigenvalue weighted by atomic mass is 79.9. The second-order valence-corrected chi connectivity index (χ2v) is 5.21. The summed E-state index contributed by atoms with van der Waals surface area (Å²) in [6.07, 6.45) is 5.88. The predicted molar refractivity (Wildman–Crippen MR) is 73.4 cm³/mol. The van der Waals surface area contributed by atoms with Crippen molar-refractivity contribution in [3.05, 3.63) is 51.8 Å². The molecule has 0 bridgehead atoms. The number of hydrogen-bond donors (Lipinski definition) is 2. The molecule has 1 aromatic heterocycles. The zero-order chi connectivity index (χ0) is 12.6. The number of nitrogens with two attached hydrogens (primary N) is 2. The average Bonchev–Trinajstić information content (AvgIpc) is 2.26. The van der Waals surface area contributed by atoms with Crippen LogP contribution in [0.3, 0.4) is 0 Å². The number of nitrogens with zero attached hydrogens (tertiary/aromatic N) is 1. The van der Waals surface area contributed by atoms with Crippen LogP contribution in [0.5, 0.6) is 0 Å². The highest BCUT2D eigenvalue weighted by Gasteiger charge is 2.37. The summed E-state index contributed by atoms with van der Waals surface area (Å²) in [7, 11) is 0. The second kappa shape index (κ2) is 4.37. The summed E-state index contributed by atoms with van der Waals surface area (Å²) < 4.78 is 0.809. The number of allylic oxidation sites excluding steroid dienone is 2. The Kier molecular flexibility index (Phi) is 3.21. The topological polar surface area (TPSA) is 64.9 Å². The quantitative estimate of drug-likeness (QED) is 0.780. The lowest BCUT2D eigenvalue weighted by molar-refractivity contribution is 0.458. The fourth-order valence-electron chi connectivity index (χ4n) is 2.23. The molecule has 4 N–H and O–H groups in total. The summed E-state index contributed by atoms with van der Waals surface area (Å²) in [4.78, 5) is 4.39. The van der Waals surface area contributed by atoms with Gasteiger partial charge in [-0.25, -0.2) is 4.98 Å². The average molecular weight is 294 g/mol. The number of halogens is 1. The van der Waals surface area contributed by atoms with E-state index >= 15 is 0 Å². The van der Waals surface area contributed by atoms with Gasteiger partial charge in [-0.2, -0.15) is 0 Å². The van der Waals surface area contributed by atoms with Crippen LogP contribution >= 0.6 is 15.9 Å². The molecule has 1 aliphatic rings. The Bertz CT molecular complexity index is 507. The van der Waals surface area contributed by atoms with E-state index in [4.69, 9.17) is 11.5 Å². The molecule has 0 radical (unpaired) electrons. The minimum atomic E-state index is -0.660. The van der Waals surface area contributed by atoms with Crippen molar-refractivity contribution < 1.29 is 0 Å². The van der Waals surface area contributed by atoms with Crippen LogP contribution in [0.2, 0.25) is 0 Å². The molecule has 1 aromatic rings. The Morgan fingerprint density at radius 2 is 2.06 bits per heavy atom. The molecular weight excluding hydrogens is 278 g/mol. The molecule has 0 aliphatic heterocycles. The molecule has 1 aliphatic carbocycles. The van der Waals surface area contributed by atoms with Crippen molar-refractivity contribution in [2.75, 3.05) is 0 Å². The summed E-state index contributed by atoms with van der Waals surface area (Å²) in [5.41, 5.74) is 14.9. The lowest BCUT2D eigenvalue weighted by Gasteiger charge is -2.38. The van der Waals surface area contributed by atoms with Crippen LogP contribution in [0.15, 0.2) is 40.5 Å². The van der Waals surface area contributed by atoms with Crippen LogP contribution in [-0.2, 0) is 5.54 Å². The van der Waals surface area contributed by atoms with Gasteiger partial charge in [0.15, 0.2) is 0 Å². The fraction of sp³-hybridized carbons (Fsp3) is 0.308. The van der Waals surface area contributed by atoms with E-state index in [2.05, 4.69) is 20.9 Å². The van der Waals surface area contributed by atoms with E-state index in [1.54, 1.807) is 0 Å². The number of aryl methyl sites for hydroxylation is 1. The van der Waals surface area contributed by atoms with Gasteiger partial charge in [0.25, 0.3) is 0 Å². The van der Waals surface area contributed by atoms with Gasteiger partial charge in [0.05, 0.1) is 5.54 Å². The van der Waals surface area contributed by atoms with Crippen LogP contribution in [0.1, 0.15) is 18.2 Å². The molecule has 3 nitrogen and oxygen atoms in total. The molecule has 0 spiro atoms. The Balaban J connectivity index is 2.58.